The summed E-state index contributed by atoms with van der Waals surface area (Å²) in [6.07, 6.45) is 13.2. The van der Waals surface area contributed by atoms with Crippen molar-refractivity contribution in [1.29, 1.82) is 0 Å². The molecule has 8 rings (SSSR count). The van der Waals surface area contributed by atoms with E-state index in [0.717, 1.165) is 50.0 Å². The zero-order valence-corrected chi connectivity index (χ0v) is 35.8. The summed E-state index contributed by atoms with van der Waals surface area (Å²) in [5.74, 6) is -0.699. The van der Waals surface area contributed by atoms with Gasteiger partial charge in [0.2, 0.25) is 0 Å². The van der Waals surface area contributed by atoms with Crippen LogP contribution in [0.2, 0.25) is 0 Å². The lowest BCUT2D eigenvalue weighted by Crippen LogP contribution is -2.57. The van der Waals surface area contributed by atoms with Crippen molar-refractivity contribution in [3.63, 3.8) is 0 Å². The van der Waals surface area contributed by atoms with Crippen molar-refractivity contribution in [3.8, 4) is 17.2 Å². The van der Waals surface area contributed by atoms with Gasteiger partial charge in [-0.3, -0.25) is 9.69 Å². The number of H-pyrrole nitrogens is 1. The van der Waals surface area contributed by atoms with Gasteiger partial charge in [-0.25, -0.2) is 22.5 Å². The number of sulfonamides is 1. The molecule has 2 aliphatic heterocycles. The molecule has 318 valence electrons. The third-order valence-electron chi connectivity index (χ3n) is 13.6. The number of fused-ring (bicyclic) bond motifs is 1. The Labute approximate surface area is 347 Å². The number of amides is 1. The minimum absolute atomic E-state index is 0.0124. The number of nitrogens with zero attached hydrogens (tertiary/aromatic N) is 3. The Morgan fingerprint density at radius 2 is 1.76 bits per heavy atom. The summed E-state index contributed by atoms with van der Waals surface area (Å²) in [6.45, 7) is 12.0. The monoisotopic (exact) mass is 830 g/mol. The normalized spacial score (nSPS) is 23.9. The average Bonchev–Trinajstić information content (AvgIpc) is 3.87. The molecule has 0 bridgehead atoms. The zero-order valence-electron chi connectivity index (χ0n) is 34.9. The van der Waals surface area contributed by atoms with E-state index in [9.17, 15) is 18.3 Å². The number of rotatable bonds is 11. The highest BCUT2D eigenvalue weighted by molar-refractivity contribution is 7.90. The molecule has 4 heterocycles. The molecule has 2 saturated carbocycles. The molecule has 1 spiro atoms. The van der Waals surface area contributed by atoms with E-state index in [0.29, 0.717) is 66.2 Å². The molecule has 2 saturated heterocycles. The summed E-state index contributed by atoms with van der Waals surface area (Å²) in [4.78, 5) is 25.9. The third kappa shape index (κ3) is 8.77. The highest BCUT2D eigenvalue weighted by atomic mass is 32.2. The number of halogens is 1. The molecule has 4 aromatic rings. The maximum absolute atomic E-state index is 16.2. The highest BCUT2D eigenvalue weighted by Crippen LogP contribution is 2.54. The van der Waals surface area contributed by atoms with Gasteiger partial charge in [0.15, 0.2) is 0 Å². The predicted octanol–water partition coefficient (Wildman–Crippen LogP) is 8.23. The van der Waals surface area contributed by atoms with Crippen LogP contribution in [0.25, 0.3) is 11.0 Å². The average molecular weight is 831 g/mol. The van der Waals surface area contributed by atoms with Gasteiger partial charge in [0, 0.05) is 55.4 Å². The number of aliphatic hydroxyl groups is 1. The quantitative estimate of drug-likeness (QED) is 0.117. The Bertz CT molecular complexity index is 2280. The van der Waals surface area contributed by atoms with Crippen LogP contribution >= 0.6 is 0 Å². The van der Waals surface area contributed by atoms with Crippen molar-refractivity contribution in [2.75, 3.05) is 43.5 Å². The van der Waals surface area contributed by atoms with Gasteiger partial charge in [-0.2, -0.15) is 0 Å². The molecule has 2 aromatic heterocycles. The number of likely N-dealkylation sites (tertiary alicyclic amines) is 1. The molecule has 2 aliphatic carbocycles. The number of hydrogen-bond acceptors (Lipinski definition) is 10. The summed E-state index contributed by atoms with van der Waals surface area (Å²) in [5.41, 5.74) is 1.18. The lowest BCUT2D eigenvalue weighted by atomic mass is 9.59. The van der Waals surface area contributed by atoms with Crippen molar-refractivity contribution < 1.29 is 32.2 Å². The molecule has 1 amide bonds. The van der Waals surface area contributed by atoms with Gasteiger partial charge in [0.25, 0.3) is 15.9 Å². The largest absolute Gasteiger partial charge is 0.495 e. The van der Waals surface area contributed by atoms with E-state index < -0.39 is 27.3 Å². The summed E-state index contributed by atoms with van der Waals surface area (Å²) < 4.78 is 57.7. The first-order valence-corrected chi connectivity index (χ1v) is 22.7. The number of anilines is 2. The van der Waals surface area contributed by atoms with Crippen LogP contribution in [0.4, 0.5) is 15.8 Å². The minimum atomic E-state index is -4.44. The first kappa shape index (κ1) is 41.3. The number of methoxy groups -OCH3 is 1. The van der Waals surface area contributed by atoms with E-state index in [1.54, 1.807) is 18.3 Å². The number of carbonyl (C=O) groups excluding carboxylic acids is 1. The SMILES string of the molecule is COc1cc(S(=O)(=O)NC(=O)c2cc(F)c(N3CCC4(CC3)CC(N3CCCC3C(C)(C)C)C4)cc2Oc2cnc3[nH]ccc3c2)ccc1NC[C@H]1CC[C@](C)(O)CC1. The molecule has 0 radical (unpaired) electrons. The van der Waals surface area contributed by atoms with Crippen LogP contribution < -0.4 is 24.4 Å². The number of aromatic amines is 1. The Balaban J connectivity index is 0.988. The lowest BCUT2D eigenvalue weighted by Gasteiger charge is -2.57. The van der Waals surface area contributed by atoms with Crippen LogP contribution in [-0.2, 0) is 10.0 Å². The maximum atomic E-state index is 16.2. The number of carbonyl (C=O) groups is 1. The second kappa shape index (κ2) is 15.9. The van der Waals surface area contributed by atoms with Gasteiger partial charge in [0.1, 0.15) is 28.7 Å². The van der Waals surface area contributed by atoms with Crippen molar-refractivity contribution in [2.24, 2.45) is 16.7 Å². The predicted molar refractivity (Wildman–Crippen MR) is 227 cm³/mol. The molecule has 14 heteroatoms. The second-order valence-corrected chi connectivity index (χ2v) is 20.6. The van der Waals surface area contributed by atoms with Crippen LogP contribution in [0, 0.1) is 22.6 Å². The Morgan fingerprint density at radius 3 is 2.47 bits per heavy atom. The Hall–Kier alpha value is -4.40. The fourth-order valence-electron chi connectivity index (χ4n) is 10.1. The molecule has 4 aliphatic rings. The molecule has 12 nitrogen and oxygen atoms in total. The lowest BCUT2D eigenvalue weighted by molar-refractivity contribution is -0.0400. The number of pyridine rings is 1. The second-order valence-electron chi connectivity index (χ2n) is 18.9. The van der Waals surface area contributed by atoms with E-state index in [2.05, 4.69) is 45.7 Å². The number of nitrogens with one attached hydrogen (secondary N) is 3. The first-order valence-electron chi connectivity index (χ1n) is 21.2. The topological polar surface area (TPSA) is 149 Å². The standard InChI is InChI=1S/C45H59FN6O6S/c1-43(2,3)40-7-6-18-52(40)31-25-45(26-31)15-19-51(20-16-45)37-24-38(58-32-21-30-12-17-47-41(30)49-28-32)34(23-35(37)46)42(53)50-59(55,56)33-8-9-36(39(22-33)57-5)48-27-29-10-13-44(4,54)14-11-29/h8-9,12,17,21-24,28-29,31,40,48,54H,6-7,10-11,13-16,18-20,25-27H2,1-5H3,(H,47,49)(H,50,53)/t29-,40?,44-. The number of benzene rings is 2. The fraction of sp³-hybridized carbons (Fsp3) is 0.556. The van der Waals surface area contributed by atoms with E-state index >= 15 is 4.39 Å². The summed E-state index contributed by atoms with van der Waals surface area (Å²) in [6, 6.07) is 11.7. The van der Waals surface area contributed by atoms with Crippen LogP contribution in [-0.4, -0.2) is 85.3 Å². The zero-order chi connectivity index (χ0) is 41.7. The van der Waals surface area contributed by atoms with Gasteiger partial charge in [0.05, 0.1) is 40.7 Å². The summed E-state index contributed by atoms with van der Waals surface area (Å²) in [7, 11) is -2.99. The first-order chi connectivity index (χ1) is 28.0. The van der Waals surface area contributed by atoms with Crippen LogP contribution in [0.1, 0.15) is 102 Å². The van der Waals surface area contributed by atoms with E-state index in [1.165, 1.54) is 63.7 Å². The molecule has 2 aromatic carbocycles. The van der Waals surface area contributed by atoms with Crippen molar-refractivity contribution in [2.45, 2.75) is 114 Å². The van der Waals surface area contributed by atoms with E-state index in [1.807, 2.05) is 17.9 Å². The maximum Gasteiger partial charge on any atom is 0.268 e. The number of piperidine rings is 1. The highest BCUT2D eigenvalue weighted by Gasteiger charge is 2.51. The van der Waals surface area contributed by atoms with E-state index in [4.69, 9.17) is 9.47 Å². The van der Waals surface area contributed by atoms with Crippen LogP contribution in [0.3, 0.4) is 0 Å². The molecular weight excluding hydrogens is 772 g/mol. The minimum Gasteiger partial charge on any atom is -0.495 e. The molecule has 59 heavy (non-hydrogen) atoms. The Kier molecular flexibility index (Phi) is 11.1. The van der Waals surface area contributed by atoms with Crippen LogP contribution in [0.5, 0.6) is 17.2 Å². The van der Waals surface area contributed by atoms with Gasteiger partial charge >= 0.3 is 0 Å². The third-order valence-corrected chi connectivity index (χ3v) is 15.0. The van der Waals surface area contributed by atoms with Gasteiger partial charge < -0.3 is 29.8 Å². The van der Waals surface area contributed by atoms with E-state index in [-0.39, 0.29) is 27.0 Å². The molecule has 1 atom stereocenters. The number of ether oxygens (including phenoxy) is 2. The molecular formula is C45H59FN6O6S. The van der Waals surface area contributed by atoms with Crippen LogP contribution in [0.15, 0.2) is 59.8 Å². The Morgan fingerprint density at radius 1 is 1.02 bits per heavy atom. The van der Waals surface area contributed by atoms with Gasteiger partial charge in [-0.15, -0.1) is 0 Å². The van der Waals surface area contributed by atoms with Gasteiger partial charge in [-0.05, 0) is 125 Å². The number of hydrogen-bond donors (Lipinski definition) is 4. The van der Waals surface area contributed by atoms with Crippen molar-refractivity contribution in [1.82, 2.24) is 19.6 Å². The van der Waals surface area contributed by atoms with Crippen molar-refractivity contribution in [3.05, 3.63) is 66.2 Å². The number of aromatic nitrogens is 2. The summed E-state index contributed by atoms with van der Waals surface area (Å²) in [5, 5.41) is 14.4. The summed E-state index contributed by atoms with van der Waals surface area (Å²) >= 11 is 0. The van der Waals surface area contributed by atoms with Crippen molar-refractivity contribution >= 4 is 38.3 Å². The molecule has 4 fully saturated rings. The smallest absolute Gasteiger partial charge is 0.268 e. The molecule has 1 unspecified atom stereocenters. The fourth-order valence-corrected chi connectivity index (χ4v) is 11.1. The molecule has 4 N–H and O–H groups in total. The van der Waals surface area contributed by atoms with Gasteiger partial charge in [-0.1, -0.05) is 20.8 Å².